The molecule has 0 amide bonds. The number of carbonyl (C=O) groups is 1. The summed E-state index contributed by atoms with van der Waals surface area (Å²) >= 11 is 0. The minimum absolute atomic E-state index is 0.0484. The summed E-state index contributed by atoms with van der Waals surface area (Å²) in [5, 5.41) is 17.0. The Bertz CT molecular complexity index is 1450. The molecular formula is C23H15FN6O3. The number of nitrogens with one attached hydrogen (secondary N) is 1. The molecule has 33 heavy (non-hydrogen) atoms. The van der Waals surface area contributed by atoms with E-state index in [1.807, 2.05) is 0 Å². The third-order valence-corrected chi connectivity index (χ3v) is 4.72. The number of ether oxygens (including phenoxy) is 1. The number of pyridine rings is 1. The van der Waals surface area contributed by atoms with Crippen LogP contribution in [0.4, 0.5) is 16.0 Å². The fourth-order valence-electron chi connectivity index (χ4n) is 3.23. The second kappa shape index (κ2) is 8.35. The van der Waals surface area contributed by atoms with Crippen LogP contribution >= 0.6 is 0 Å². The Morgan fingerprint density at radius 3 is 2.45 bits per heavy atom. The van der Waals surface area contributed by atoms with Crippen molar-refractivity contribution in [3.63, 3.8) is 0 Å². The predicted octanol–water partition coefficient (Wildman–Crippen LogP) is 4.56. The van der Waals surface area contributed by atoms with Gasteiger partial charge in [-0.15, -0.1) is 5.10 Å². The van der Waals surface area contributed by atoms with E-state index >= 15 is 0 Å². The van der Waals surface area contributed by atoms with Crippen LogP contribution in [0.25, 0.3) is 17.0 Å². The number of nitrogens with zero attached hydrogens (tertiary/aromatic N) is 5. The Kier molecular flexibility index (Phi) is 5.07. The van der Waals surface area contributed by atoms with Gasteiger partial charge in [0.15, 0.2) is 0 Å². The number of hydrogen-bond acceptors (Lipinski definition) is 7. The highest BCUT2D eigenvalue weighted by molar-refractivity contribution is 5.95. The molecule has 2 aromatic carbocycles. The SMILES string of the molecule is O=C(O)c1cnc2nc(Nc3ccc(Oc4ccncc4)cc3)nn2c1-c1ccccc1F. The number of halogens is 1. The fourth-order valence-corrected chi connectivity index (χ4v) is 3.23. The number of benzene rings is 2. The van der Waals surface area contributed by atoms with Crippen molar-refractivity contribution < 1.29 is 19.0 Å². The van der Waals surface area contributed by atoms with Gasteiger partial charge in [0.25, 0.3) is 5.78 Å². The number of aromatic carboxylic acids is 1. The molecule has 5 rings (SSSR count). The molecule has 3 aromatic heterocycles. The monoisotopic (exact) mass is 442 g/mol. The summed E-state index contributed by atoms with van der Waals surface area (Å²) in [5.41, 5.74) is 0.601. The number of rotatable bonds is 6. The zero-order valence-corrected chi connectivity index (χ0v) is 16.9. The van der Waals surface area contributed by atoms with Gasteiger partial charge in [-0.2, -0.15) is 9.50 Å². The molecule has 9 nitrogen and oxygen atoms in total. The van der Waals surface area contributed by atoms with E-state index in [2.05, 4.69) is 25.4 Å². The van der Waals surface area contributed by atoms with Crippen LogP contribution in [0.5, 0.6) is 11.5 Å². The van der Waals surface area contributed by atoms with Crippen LogP contribution in [-0.4, -0.2) is 35.6 Å². The molecule has 0 aliphatic carbocycles. The number of carboxylic acid groups (broad SMARTS) is 1. The lowest BCUT2D eigenvalue weighted by Crippen LogP contribution is -2.08. The van der Waals surface area contributed by atoms with Gasteiger partial charge in [-0.05, 0) is 48.5 Å². The maximum atomic E-state index is 14.5. The van der Waals surface area contributed by atoms with Crippen LogP contribution in [0.1, 0.15) is 10.4 Å². The van der Waals surface area contributed by atoms with Crippen molar-refractivity contribution in [1.29, 1.82) is 0 Å². The van der Waals surface area contributed by atoms with Gasteiger partial charge in [-0.25, -0.2) is 14.2 Å². The van der Waals surface area contributed by atoms with Crippen molar-refractivity contribution in [1.82, 2.24) is 24.6 Å². The van der Waals surface area contributed by atoms with Crippen LogP contribution in [0.15, 0.2) is 79.3 Å². The first-order valence-corrected chi connectivity index (χ1v) is 9.77. The quantitative estimate of drug-likeness (QED) is 0.393. The Morgan fingerprint density at radius 2 is 1.73 bits per heavy atom. The second-order valence-corrected chi connectivity index (χ2v) is 6.89. The van der Waals surface area contributed by atoms with Crippen molar-refractivity contribution in [2.45, 2.75) is 0 Å². The number of hydrogen-bond donors (Lipinski definition) is 2. The molecule has 3 heterocycles. The summed E-state index contributed by atoms with van der Waals surface area (Å²) < 4.78 is 21.4. The van der Waals surface area contributed by atoms with E-state index in [4.69, 9.17) is 4.74 Å². The number of fused-ring (bicyclic) bond motifs is 1. The van der Waals surface area contributed by atoms with Crippen molar-refractivity contribution in [2.75, 3.05) is 5.32 Å². The predicted molar refractivity (Wildman–Crippen MR) is 117 cm³/mol. The van der Waals surface area contributed by atoms with Crippen LogP contribution in [0.2, 0.25) is 0 Å². The average Bonchev–Trinajstić information content (AvgIpc) is 3.23. The molecule has 0 aliphatic rings. The number of anilines is 2. The van der Waals surface area contributed by atoms with Crippen LogP contribution in [0, 0.1) is 5.82 Å². The van der Waals surface area contributed by atoms with Gasteiger partial charge in [0, 0.05) is 29.8 Å². The van der Waals surface area contributed by atoms with Gasteiger partial charge in [0.2, 0.25) is 5.95 Å². The summed E-state index contributed by atoms with van der Waals surface area (Å²) in [4.78, 5) is 24.1. The van der Waals surface area contributed by atoms with Crippen molar-refractivity contribution in [2.24, 2.45) is 0 Å². The van der Waals surface area contributed by atoms with Gasteiger partial charge < -0.3 is 15.2 Å². The zero-order chi connectivity index (χ0) is 22.8. The van der Waals surface area contributed by atoms with E-state index in [-0.39, 0.29) is 28.5 Å². The summed E-state index contributed by atoms with van der Waals surface area (Å²) in [5.74, 6) is -0.249. The lowest BCUT2D eigenvalue weighted by Gasteiger charge is -2.08. The van der Waals surface area contributed by atoms with E-state index in [9.17, 15) is 14.3 Å². The van der Waals surface area contributed by atoms with Gasteiger partial charge in [0.1, 0.15) is 22.9 Å². The highest BCUT2D eigenvalue weighted by Gasteiger charge is 2.21. The largest absolute Gasteiger partial charge is 0.478 e. The van der Waals surface area contributed by atoms with Gasteiger partial charge in [0.05, 0.1) is 5.69 Å². The normalized spacial score (nSPS) is 10.8. The standard InChI is InChI=1S/C23H15FN6O3/c24-19-4-2-1-3-17(19)20-18(21(31)32)13-26-23-28-22(29-30(20)23)27-14-5-7-15(8-6-14)33-16-9-11-25-12-10-16/h1-13H,(H,27,29)(H,31,32). The third kappa shape index (κ3) is 4.04. The summed E-state index contributed by atoms with van der Waals surface area (Å²) in [6.45, 7) is 0. The second-order valence-electron chi connectivity index (χ2n) is 6.89. The molecule has 2 N–H and O–H groups in total. The van der Waals surface area contributed by atoms with Gasteiger partial charge >= 0.3 is 5.97 Å². The Labute approximate surface area is 186 Å². The van der Waals surface area contributed by atoms with Crippen LogP contribution in [0.3, 0.4) is 0 Å². The van der Waals surface area contributed by atoms with E-state index in [0.29, 0.717) is 17.2 Å². The zero-order valence-electron chi connectivity index (χ0n) is 16.9. The highest BCUT2D eigenvalue weighted by Crippen LogP contribution is 2.28. The van der Waals surface area contributed by atoms with Gasteiger partial charge in [-0.3, -0.25) is 4.98 Å². The smallest absolute Gasteiger partial charge is 0.339 e. The van der Waals surface area contributed by atoms with Crippen molar-refractivity contribution >= 4 is 23.4 Å². The highest BCUT2D eigenvalue weighted by atomic mass is 19.1. The first-order valence-electron chi connectivity index (χ1n) is 9.77. The minimum atomic E-state index is -1.25. The average molecular weight is 442 g/mol. The number of carboxylic acids is 1. The topological polar surface area (TPSA) is 115 Å². The molecule has 162 valence electrons. The summed E-state index contributed by atoms with van der Waals surface area (Å²) in [6.07, 6.45) is 4.42. The molecule has 0 bridgehead atoms. The summed E-state index contributed by atoms with van der Waals surface area (Å²) in [7, 11) is 0. The molecule has 0 fully saturated rings. The van der Waals surface area contributed by atoms with Crippen LogP contribution in [-0.2, 0) is 0 Å². The maximum Gasteiger partial charge on any atom is 0.339 e. The fraction of sp³-hybridized carbons (Fsp3) is 0. The lowest BCUT2D eigenvalue weighted by molar-refractivity contribution is 0.0696. The van der Waals surface area contributed by atoms with E-state index in [0.717, 1.165) is 6.20 Å². The number of aromatic nitrogens is 5. The maximum absolute atomic E-state index is 14.5. The first kappa shape index (κ1) is 20.1. The summed E-state index contributed by atoms with van der Waals surface area (Å²) in [6, 6.07) is 16.4. The first-order chi connectivity index (χ1) is 16.1. The molecule has 0 radical (unpaired) electrons. The minimum Gasteiger partial charge on any atom is -0.478 e. The molecule has 10 heteroatoms. The van der Waals surface area contributed by atoms with Crippen molar-refractivity contribution in [3.05, 3.63) is 90.6 Å². The molecule has 0 saturated carbocycles. The Hall–Kier alpha value is -4.86. The third-order valence-electron chi connectivity index (χ3n) is 4.72. The molecule has 0 unspecified atom stereocenters. The molecule has 0 aliphatic heterocycles. The lowest BCUT2D eigenvalue weighted by atomic mass is 10.1. The molecular weight excluding hydrogens is 427 g/mol. The van der Waals surface area contributed by atoms with Crippen molar-refractivity contribution in [3.8, 4) is 22.8 Å². The van der Waals surface area contributed by atoms with E-state index in [1.165, 1.54) is 22.7 Å². The molecule has 0 atom stereocenters. The Morgan fingerprint density at radius 1 is 1.00 bits per heavy atom. The Balaban J connectivity index is 1.47. The molecule has 0 spiro atoms. The van der Waals surface area contributed by atoms with Crippen LogP contribution < -0.4 is 10.1 Å². The van der Waals surface area contributed by atoms with E-state index < -0.39 is 11.8 Å². The van der Waals surface area contributed by atoms with E-state index in [1.54, 1.807) is 54.9 Å². The van der Waals surface area contributed by atoms with Gasteiger partial charge in [-0.1, -0.05) is 12.1 Å². The molecule has 5 aromatic rings. The molecule has 0 saturated heterocycles.